The summed E-state index contributed by atoms with van der Waals surface area (Å²) in [6.45, 7) is 0. The topological polar surface area (TPSA) is 17.8 Å². The number of hydrogen-bond acceptors (Lipinski definition) is 1. The highest BCUT2D eigenvalue weighted by Crippen LogP contribution is 2.21. The van der Waals surface area contributed by atoms with Crippen LogP contribution in [-0.4, -0.2) is 9.78 Å². The zero-order valence-corrected chi connectivity index (χ0v) is 8.50. The van der Waals surface area contributed by atoms with Crippen molar-refractivity contribution < 1.29 is 8.78 Å². The number of hydrogen-bond donors (Lipinski definition) is 0. The van der Waals surface area contributed by atoms with Gasteiger partial charge in [0.25, 0.3) is 0 Å². The molecule has 2 aromatic rings. The Morgan fingerprint density at radius 1 is 1.21 bits per heavy atom. The first-order chi connectivity index (χ1) is 6.68. The van der Waals surface area contributed by atoms with E-state index in [4.69, 9.17) is 0 Å². The Morgan fingerprint density at radius 3 is 2.64 bits per heavy atom. The van der Waals surface area contributed by atoms with Crippen LogP contribution in [0.25, 0.3) is 5.69 Å². The molecule has 0 bridgehead atoms. The Labute approximate surface area is 87.3 Å². The molecule has 1 heterocycles. The number of halogens is 3. The van der Waals surface area contributed by atoms with Crippen molar-refractivity contribution in [3.05, 3.63) is 46.7 Å². The van der Waals surface area contributed by atoms with Crippen LogP contribution in [-0.2, 0) is 0 Å². The third kappa shape index (κ3) is 1.55. The SMILES string of the molecule is Fc1cc(-n2cccn2)c(F)cc1Br. The molecule has 0 radical (unpaired) electrons. The van der Waals surface area contributed by atoms with Crippen molar-refractivity contribution in [1.82, 2.24) is 9.78 Å². The molecule has 0 N–H and O–H groups in total. The summed E-state index contributed by atoms with van der Waals surface area (Å²) in [6.07, 6.45) is 3.05. The van der Waals surface area contributed by atoms with Crippen LogP contribution in [0.2, 0.25) is 0 Å². The number of aromatic nitrogens is 2. The van der Waals surface area contributed by atoms with E-state index < -0.39 is 11.6 Å². The van der Waals surface area contributed by atoms with Crippen molar-refractivity contribution in [3.8, 4) is 5.69 Å². The van der Waals surface area contributed by atoms with Gasteiger partial charge < -0.3 is 0 Å². The fourth-order valence-corrected chi connectivity index (χ4v) is 1.41. The molecular formula is C9H5BrF2N2. The molecule has 5 heteroatoms. The molecule has 0 unspecified atom stereocenters. The zero-order valence-electron chi connectivity index (χ0n) is 6.92. The molecule has 0 aliphatic heterocycles. The van der Waals surface area contributed by atoms with Crippen molar-refractivity contribution in [3.63, 3.8) is 0 Å². The summed E-state index contributed by atoms with van der Waals surface area (Å²) in [5.74, 6) is -1.04. The Bertz CT molecular complexity index is 454. The van der Waals surface area contributed by atoms with Gasteiger partial charge in [-0.25, -0.2) is 13.5 Å². The molecule has 72 valence electrons. The molecule has 0 atom stereocenters. The first-order valence-corrected chi connectivity index (χ1v) is 4.62. The van der Waals surface area contributed by atoms with Crippen LogP contribution in [0.15, 0.2) is 35.1 Å². The molecular weight excluding hydrogens is 254 g/mol. The van der Waals surface area contributed by atoms with Crippen molar-refractivity contribution in [2.24, 2.45) is 0 Å². The fourth-order valence-electron chi connectivity index (χ4n) is 1.10. The van der Waals surface area contributed by atoms with Crippen molar-refractivity contribution >= 4 is 15.9 Å². The molecule has 0 aliphatic carbocycles. The average Bonchev–Trinajstić information content (AvgIpc) is 2.64. The highest BCUT2D eigenvalue weighted by Gasteiger charge is 2.09. The average molecular weight is 259 g/mol. The summed E-state index contributed by atoms with van der Waals surface area (Å²) >= 11 is 2.90. The molecule has 1 aromatic carbocycles. The molecule has 2 nitrogen and oxygen atoms in total. The predicted molar refractivity (Wildman–Crippen MR) is 51.2 cm³/mol. The predicted octanol–water partition coefficient (Wildman–Crippen LogP) is 2.91. The van der Waals surface area contributed by atoms with Crippen LogP contribution in [0.3, 0.4) is 0 Å². The lowest BCUT2D eigenvalue weighted by atomic mass is 10.3. The molecule has 0 saturated heterocycles. The monoisotopic (exact) mass is 258 g/mol. The molecule has 1 aromatic heterocycles. The number of benzene rings is 1. The maximum absolute atomic E-state index is 13.3. The van der Waals surface area contributed by atoms with Gasteiger partial charge in [-0.1, -0.05) is 0 Å². The Morgan fingerprint density at radius 2 is 2.00 bits per heavy atom. The highest BCUT2D eigenvalue weighted by atomic mass is 79.9. The van der Waals surface area contributed by atoms with Gasteiger partial charge in [-0.05, 0) is 28.1 Å². The molecule has 14 heavy (non-hydrogen) atoms. The minimum atomic E-state index is -0.526. The summed E-state index contributed by atoms with van der Waals surface area (Å²) in [5, 5.41) is 3.81. The van der Waals surface area contributed by atoms with E-state index in [2.05, 4.69) is 21.0 Å². The van der Waals surface area contributed by atoms with E-state index in [-0.39, 0.29) is 10.2 Å². The smallest absolute Gasteiger partial charge is 0.150 e. The van der Waals surface area contributed by atoms with Gasteiger partial charge in [-0.15, -0.1) is 0 Å². The highest BCUT2D eigenvalue weighted by molar-refractivity contribution is 9.10. The quantitative estimate of drug-likeness (QED) is 0.720. The molecule has 0 aliphatic rings. The van der Waals surface area contributed by atoms with Gasteiger partial charge in [0.2, 0.25) is 0 Å². The van der Waals surface area contributed by atoms with Crippen LogP contribution in [0.1, 0.15) is 0 Å². The van der Waals surface area contributed by atoms with Gasteiger partial charge in [0.1, 0.15) is 17.3 Å². The second-order valence-electron chi connectivity index (χ2n) is 2.67. The van der Waals surface area contributed by atoms with E-state index in [1.54, 1.807) is 12.3 Å². The minimum absolute atomic E-state index is 0.0932. The lowest BCUT2D eigenvalue weighted by Gasteiger charge is -2.04. The van der Waals surface area contributed by atoms with Gasteiger partial charge in [0.05, 0.1) is 4.47 Å². The van der Waals surface area contributed by atoms with E-state index in [1.165, 1.54) is 10.9 Å². The summed E-state index contributed by atoms with van der Waals surface area (Å²) in [7, 11) is 0. The van der Waals surface area contributed by atoms with Gasteiger partial charge >= 0.3 is 0 Å². The first-order valence-electron chi connectivity index (χ1n) is 3.83. The van der Waals surface area contributed by atoms with E-state index in [1.807, 2.05) is 0 Å². The Kier molecular flexibility index (Phi) is 2.33. The van der Waals surface area contributed by atoms with E-state index in [0.717, 1.165) is 12.1 Å². The van der Waals surface area contributed by atoms with Gasteiger partial charge in [-0.3, -0.25) is 0 Å². The van der Waals surface area contributed by atoms with Crippen molar-refractivity contribution in [1.29, 1.82) is 0 Å². The summed E-state index contributed by atoms with van der Waals surface area (Å²) in [5.41, 5.74) is 0.0932. The summed E-state index contributed by atoms with van der Waals surface area (Å²) in [4.78, 5) is 0. The van der Waals surface area contributed by atoms with E-state index >= 15 is 0 Å². The van der Waals surface area contributed by atoms with Gasteiger partial charge in [0.15, 0.2) is 0 Å². The van der Waals surface area contributed by atoms with E-state index in [9.17, 15) is 8.78 Å². The molecule has 0 amide bonds. The van der Waals surface area contributed by atoms with Crippen LogP contribution in [0.5, 0.6) is 0 Å². The number of rotatable bonds is 1. The third-order valence-electron chi connectivity index (χ3n) is 1.74. The summed E-state index contributed by atoms with van der Waals surface area (Å²) < 4.78 is 27.8. The molecule has 0 spiro atoms. The van der Waals surface area contributed by atoms with Crippen LogP contribution in [0.4, 0.5) is 8.78 Å². The van der Waals surface area contributed by atoms with Gasteiger partial charge in [0, 0.05) is 18.5 Å². The molecule has 0 saturated carbocycles. The standard InChI is InChI=1S/C9H5BrF2N2/c10-6-4-8(12)9(5-7(6)11)14-3-1-2-13-14/h1-5H. The lowest BCUT2D eigenvalue weighted by Crippen LogP contribution is -1.99. The fraction of sp³-hybridized carbons (Fsp3) is 0. The van der Waals surface area contributed by atoms with Crippen molar-refractivity contribution in [2.75, 3.05) is 0 Å². The Balaban J connectivity index is 2.60. The second kappa shape index (κ2) is 3.49. The van der Waals surface area contributed by atoms with Crippen molar-refractivity contribution in [2.45, 2.75) is 0 Å². The molecule has 0 fully saturated rings. The first kappa shape index (κ1) is 9.33. The Hall–Kier alpha value is -1.23. The van der Waals surface area contributed by atoms with E-state index in [0.29, 0.717) is 0 Å². The van der Waals surface area contributed by atoms with Crippen LogP contribution >= 0.6 is 15.9 Å². The largest absolute Gasteiger partial charge is 0.238 e. The maximum atomic E-state index is 13.3. The maximum Gasteiger partial charge on any atom is 0.150 e. The lowest BCUT2D eigenvalue weighted by molar-refractivity contribution is 0.582. The van der Waals surface area contributed by atoms with Gasteiger partial charge in [-0.2, -0.15) is 5.10 Å². The van der Waals surface area contributed by atoms with Crippen LogP contribution < -0.4 is 0 Å². The molecule has 2 rings (SSSR count). The minimum Gasteiger partial charge on any atom is -0.238 e. The zero-order chi connectivity index (χ0) is 10.1. The third-order valence-corrected chi connectivity index (χ3v) is 2.35. The van der Waals surface area contributed by atoms with Crippen LogP contribution in [0, 0.1) is 11.6 Å². The number of nitrogens with zero attached hydrogens (tertiary/aromatic N) is 2. The second-order valence-corrected chi connectivity index (χ2v) is 3.52. The summed E-state index contributed by atoms with van der Waals surface area (Å²) in [6, 6.07) is 3.80. The normalized spacial score (nSPS) is 10.5.